The first-order chi connectivity index (χ1) is 11.3. The van der Waals surface area contributed by atoms with Gasteiger partial charge in [0.05, 0.1) is 12.7 Å². The fourth-order valence-corrected chi connectivity index (χ4v) is 2.72. The molecule has 1 atom stereocenters. The highest BCUT2D eigenvalue weighted by Crippen LogP contribution is 2.17. The van der Waals surface area contributed by atoms with Crippen LogP contribution in [0.1, 0.15) is 50.5 Å². The minimum Gasteiger partial charge on any atom is -0.444 e. The van der Waals surface area contributed by atoms with Crippen molar-refractivity contribution in [3.63, 3.8) is 0 Å². The predicted octanol–water partition coefficient (Wildman–Crippen LogP) is 2.04. The first-order valence-corrected chi connectivity index (χ1v) is 8.35. The van der Waals surface area contributed by atoms with E-state index in [1.54, 1.807) is 6.20 Å². The first-order valence-electron chi connectivity index (χ1n) is 8.35. The molecule has 7 heteroatoms. The van der Waals surface area contributed by atoms with E-state index in [9.17, 15) is 9.59 Å². The van der Waals surface area contributed by atoms with E-state index in [0.29, 0.717) is 18.8 Å². The molecule has 0 saturated carbocycles. The number of aromatic nitrogens is 2. The smallest absolute Gasteiger partial charge is 0.407 e. The molecule has 0 aliphatic carbocycles. The summed E-state index contributed by atoms with van der Waals surface area (Å²) >= 11 is 0. The van der Waals surface area contributed by atoms with Crippen LogP contribution in [0.3, 0.4) is 0 Å². The Hall–Kier alpha value is -2.02. The molecule has 1 N–H and O–H groups in total. The lowest BCUT2D eigenvalue weighted by molar-refractivity contribution is 0.0495. The van der Waals surface area contributed by atoms with Crippen LogP contribution in [-0.2, 0) is 4.74 Å². The van der Waals surface area contributed by atoms with Crippen molar-refractivity contribution in [2.24, 2.45) is 0 Å². The van der Waals surface area contributed by atoms with Gasteiger partial charge in [0.25, 0.3) is 0 Å². The third-order valence-corrected chi connectivity index (χ3v) is 3.83. The molecule has 1 fully saturated rings. The van der Waals surface area contributed by atoms with Crippen molar-refractivity contribution in [1.82, 2.24) is 20.2 Å². The quantitative estimate of drug-likeness (QED) is 0.830. The van der Waals surface area contributed by atoms with Gasteiger partial charge in [0.15, 0.2) is 5.78 Å². The van der Waals surface area contributed by atoms with Gasteiger partial charge in [-0.2, -0.15) is 0 Å². The van der Waals surface area contributed by atoms with Crippen molar-refractivity contribution in [1.29, 1.82) is 0 Å². The van der Waals surface area contributed by atoms with Crippen molar-refractivity contribution < 1.29 is 14.3 Å². The van der Waals surface area contributed by atoms with E-state index in [4.69, 9.17) is 4.74 Å². The van der Waals surface area contributed by atoms with Crippen LogP contribution in [0.2, 0.25) is 0 Å². The van der Waals surface area contributed by atoms with Crippen LogP contribution < -0.4 is 5.32 Å². The number of nitrogens with one attached hydrogen (secondary N) is 1. The molecule has 1 amide bonds. The second-order valence-electron chi connectivity index (χ2n) is 7.02. The third kappa shape index (κ3) is 5.88. The van der Waals surface area contributed by atoms with E-state index in [1.807, 2.05) is 20.8 Å². The van der Waals surface area contributed by atoms with Gasteiger partial charge in [-0.1, -0.05) is 6.42 Å². The maximum absolute atomic E-state index is 12.3. The van der Waals surface area contributed by atoms with Crippen molar-refractivity contribution in [2.75, 3.05) is 19.6 Å². The average Bonchev–Trinajstić information content (AvgIpc) is 2.53. The topological polar surface area (TPSA) is 84.4 Å². The van der Waals surface area contributed by atoms with Crippen LogP contribution >= 0.6 is 0 Å². The van der Waals surface area contributed by atoms with Gasteiger partial charge in [-0.25, -0.2) is 9.78 Å². The lowest BCUT2D eigenvalue weighted by atomic mass is 10.0. The summed E-state index contributed by atoms with van der Waals surface area (Å²) < 4.78 is 5.26. The monoisotopic (exact) mass is 334 g/mol. The third-order valence-electron chi connectivity index (χ3n) is 3.83. The molecule has 1 aliphatic rings. The van der Waals surface area contributed by atoms with E-state index in [0.717, 1.165) is 25.8 Å². The van der Waals surface area contributed by atoms with Gasteiger partial charge >= 0.3 is 6.09 Å². The Morgan fingerprint density at radius 3 is 2.79 bits per heavy atom. The summed E-state index contributed by atoms with van der Waals surface area (Å²) in [5.41, 5.74) is -0.139. The Morgan fingerprint density at radius 2 is 2.12 bits per heavy atom. The summed E-state index contributed by atoms with van der Waals surface area (Å²) in [7, 11) is 0. The number of carbonyl (C=O) groups is 2. The van der Waals surface area contributed by atoms with Crippen LogP contribution in [-0.4, -0.2) is 58.0 Å². The van der Waals surface area contributed by atoms with Crippen molar-refractivity contribution in [2.45, 2.75) is 51.7 Å². The summed E-state index contributed by atoms with van der Waals surface area (Å²) in [6, 6.07) is 0.131. The Bertz CT molecular complexity index is 557. The van der Waals surface area contributed by atoms with E-state index in [2.05, 4.69) is 20.2 Å². The Kier molecular flexibility index (Phi) is 6.25. The number of Topliss-reactive ketones (excluding diaryl/α,β-unsaturated/α-hetero) is 1. The Labute approximate surface area is 142 Å². The van der Waals surface area contributed by atoms with Gasteiger partial charge in [-0.3, -0.25) is 14.7 Å². The summed E-state index contributed by atoms with van der Waals surface area (Å²) in [4.78, 5) is 34.2. The zero-order valence-electron chi connectivity index (χ0n) is 14.6. The van der Waals surface area contributed by atoms with E-state index in [1.165, 1.54) is 12.4 Å². The summed E-state index contributed by atoms with van der Waals surface area (Å²) in [6.45, 7) is 7.10. The fourth-order valence-electron chi connectivity index (χ4n) is 2.72. The molecule has 132 valence electrons. The van der Waals surface area contributed by atoms with Crippen LogP contribution in [0.5, 0.6) is 0 Å². The van der Waals surface area contributed by atoms with E-state index >= 15 is 0 Å². The van der Waals surface area contributed by atoms with Crippen molar-refractivity contribution in [3.05, 3.63) is 24.3 Å². The van der Waals surface area contributed by atoms with Gasteiger partial charge in [0.1, 0.15) is 11.3 Å². The summed E-state index contributed by atoms with van der Waals surface area (Å²) in [6.07, 6.45) is 7.22. The number of hydrogen-bond donors (Lipinski definition) is 1. The number of nitrogens with zero attached hydrogens (tertiary/aromatic N) is 3. The fraction of sp³-hybridized carbons (Fsp3) is 0.647. The number of alkyl carbamates (subject to hydrolysis) is 1. The molecule has 24 heavy (non-hydrogen) atoms. The van der Waals surface area contributed by atoms with Gasteiger partial charge in [0.2, 0.25) is 0 Å². The zero-order chi connectivity index (χ0) is 17.6. The number of piperidine rings is 1. The minimum absolute atomic E-state index is 0.0488. The van der Waals surface area contributed by atoms with Gasteiger partial charge in [-0.15, -0.1) is 0 Å². The number of likely N-dealkylation sites (tertiary alicyclic amines) is 1. The number of amides is 1. The molecular weight excluding hydrogens is 308 g/mol. The number of ether oxygens (including phenoxy) is 1. The number of carbonyl (C=O) groups excluding carboxylic acids is 2. The molecule has 0 aromatic carbocycles. The number of hydrogen-bond acceptors (Lipinski definition) is 6. The molecule has 2 rings (SSSR count). The standard InChI is InChI=1S/C17H26N4O3/c1-17(2,3)24-16(23)20-10-13-6-4-5-9-21(13)12-15(22)14-11-18-7-8-19-14/h7-8,11,13H,4-6,9-10,12H2,1-3H3,(H,20,23). The van der Waals surface area contributed by atoms with E-state index in [-0.39, 0.29) is 11.8 Å². The van der Waals surface area contributed by atoms with Crippen LogP contribution in [0.15, 0.2) is 18.6 Å². The molecule has 0 radical (unpaired) electrons. The Morgan fingerprint density at radius 1 is 1.33 bits per heavy atom. The molecule has 1 aliphatic heterocycles. The van der Waals surface area contributed by atoms with Gasteiger partial charge < -0.3 is 10.1 Å². The van der Waals surface area contributed by atoms with E-state index < -0.39 is 11.7 Å². The molecule has 1 aromatic heterocycles. The molecule has 1 unspecified atom stereocenters. The molecular formula is C17H26N4O3. The normalized spacial score (nSPS) is 18.9. The van der Waals surface area contributed by atoms with Crippen LogP contribution in [0.4, 0.5) is 4.79 Å². The van der Waals surface area contributed by atoms with Crippen LogP contribution in [0.25, 0.3) is 0 Å². The second-order valence-corrected chi connectivity index (χ2v) is 7.02. The van der Waals surface area contributed by atoms with Crippen molar-refractivity contribution in [3.8, 4) is 0 Å². The lowest BCUT2D eigenvalue weighted by Crippen LogP contribution is -2.49. The second kappa shape index (κ2) is 8.19. The molecule has 7 nitrogen and oxygen atoms in total. The molecule has 1 saturated heterocycles. The first kappa shape index (κ1) is 18.3. The minimum atomic E-state index is -0.516. The van der Waals surface area contributed by atoms with Gasteiger partial charge in [0, 0.05) is 25.0 Å². The van der Waals surface area contributed by atoms with Crippen LogP contribution in [0, 0.1) is 0 Å². The molecule has 0 bridgehead atoms. The Balaban J connectivity index is 1.88. The highest BCUT2D eigenvalue weighted by molar-refractivity contribution is 5.95. The van der Waals surface area contributed by atoms with Crippen molar-refractivity contribution >= 4 is 11.9 Å². The maximum atomic E-state index is 12.3. The predicted molar refractivity (Wildman–Crippen MR) is 89.8 cm³/mol. The number of ketones is 1. The summed E-state index contributed by atoms with van der Waals surface area (Å²) in [5, 5.41) is 2.81. The average molecular weight is 334 g/mol. The molecule has 1 aromatic rings. The zero-order valence-corrected chi connectivity index (χ0v) is 14.6. The summed E-state index contributed by atoms with van der Waals surface area (Å²) in [5.74, 6) is -0.0488. The highest BCUT2D eigenvalue weighted by Gasteiger charge is 2.26. The SMILES string of the molecule is CC(C)(C)OC(=O)NCC1CCCCN1CC(=O)c1cnccn1. The molecule has 0 spiro atoms. The van der Waals surface area contributed by atoms with Gasteiger partial charge in [-0.05, 0) is 40.2 Å². The highest BCUT2D eigenvalue weighted by atomic mass is 16.6. The molecule has 2 heterocycles. The largest absolute Gasteiger partial charge is 0.444 e. The number of rotatable bonds is 5. The lowest BCUT2D eigenvalue weighted by Gasteiger charge is -2.35. The maximum Gasteiger partial charge on any atom is 0.407 e.